The molecule has 1 aromatic rings. The summed E-state index contributed by atoms with van der Waals surface area (Å²) in [4.78, 5) is 34.4. The third kappa shape index (κ3) is 2.90. The molecule has 6 nitrogen and oxygen atoms in total. The second-order valence-corrected chi connectivity index (χ2v) is 4.28. The number of hydrogen-bond donors (Lipinski definition) is 3. The van der Waals surface area contributed by atoms with Gasteiger partial charge in [-0.15, -0.1) is 0 Å². The number of benzene rings is 1. The summed E-state index contributed by atoms with van der Waals surface area (Å²) in [6.07, 6.45) is 1.91. The number of amides is 4. The van der Waals surface area contributed by atoms with Gasteiger partial charge in [0.05, 0.1) is 11.1 Å². The summed E-state index contributed by atoms with van der Waals surface area (Å²) >= 11 is 0. The molecule has 100 valence electrons. The van der Waals surface area contributed by atoms with E-state index in [1.807, 2.05) is 6.92 Å². The van der Waals surface area contributed by atoms with Crippen molar-refractivity contribution in [3.63, 3.8) is 0 Å². The SMILES string of the molecule is CCCCNC(=O)Nc1ccc2c(c1)C(=O)NC2=O. The minimum absolute atomic E-state index is 0.288. The third-order valence-electron chi connectivity index (χ3n) is 2.81. The van der Waals surface area contributed by atoms with Gasteiger partial charge in [-0.05, 0) is 24.6 Å². The molecular formula is C13H15N3O3. The monoisotopic (exact) mass is 261 g/mol. The van der Waals surface area contributed by atoms with Crippen LogP contribution in [0.25, 0.3) is 0 Å². The standard InChI is InChI=1S/C13H15N3O3/c1-2-3-6-14-13(19)15-8-4-5-9-10(7-8)12(18)16-11(9)17/h4-5,7H,2-3,6H2,1H3,(H2,14,15,19)(H,16,17,18). The van der Waals surface area contributed by atoms with Gasteiger partial charge >= 0.3 is 6.03 Å². The van der Waals surface area contributed by atoms with Crippen molar-refractivity contribution in [2.45, 2.75) is 19.8 Å². The lowest BCUT2D eigenvalue weighted by Crippen LogP contribution is -2.29. The lowest BCUT2D eigenvalue weighted by Gasteiger charge is -2.07. The van der Waals surface area contributed by atoms with Crippen LogP contribution in [0.5, 0.6) is 0 Å². The zero-order chi connectivity index (χ0) is 13.8. The van der Waals surface area contributed by atoms with Gasteiger partial charge in [0.25, 0.3) is 11.8 Å². The summed E-state index contributed by atoms with van der Waals surface area (Å²) in [7, 11) is 0. The van der Waals surface area contributed by atoms with E-state index in [1.54, 1.807) is 6.07 Å². The van der Waals surface area contributed by atoms with E-state index in [1.165, 1.54) is 12.1 Å². The van der Waals surface area contributed by atoms with Gasteiger partial charge in [0.15, 0.2) is 0 Å². The maximum absolute atomic E-state index is 11.5. The Morgan fingerprint density at radius 3 is 2.68 bits per heavy atom. The normalized spacial score (nSPS) is 12.9. The minimum atomic E-state index is -0.435. The zero-order valence-corrected chi connectivity index (χ0v) is 10.6. The number of fused-ring (bicyclic) bond motifs is 1. The van der Waals surface area contributed by atoms with E-state index < -0.39 is 11.8 Å². The number of hydrogen-bond acceptors (Lipinski definition) is 3. The van der Waals surface area contributed by atoms with Crippen LogP contribution < -0.4 is 16.0 Å². The van der Waals surface area contributed by atoms with Crippen LogP contribution in [0.15, 0.2) is 18.2 Å². The molecular weight excluding hydrogens is 246 g/mol. The van der Waals surface area contributed by atoms with Gasteiger partial charge < -0.3 is 10.6 Å². The minimum Gasteiger partial charge on any atom is -0.338 e. The second-order valence-electron chi connectivity index (χ2n) is 4.28. The Labute approximate surface area is 110 Å². The Morgan fingerprint density at radius 1 is 1.21 bits per heavy atom. The van der Waals surface area contributed by atoms with Gasteiger partial charge in [-0.3, -0.25) is 14.9 Å². The fourth-order valence-electron chi connectivity index (χ4n) is 1.80. The van der Waals surface area contributed by atoms with E-state index in [4.69, 9.17) is 0 Å². The summed E-state index contributed by atoms with van der Waals surface area (Å²) in [5.41, 5.74) is 1.11. The van der Waals surface area contributed by atoms with Crippen LogP contribution in [0.4, 0.5) is 10.5 Å². The van der Waals surface area contributed by atoms with Crippen LogP contribution in [-0.4, -0.2) is 24.4 Å². The fraction of sp³-hybridized carbons (Fsp3) is 0.308. The molecule has 0 atom stereocenters. The van der Waals surface area contributed by atoms with Crippen molar-refractivity contribution in [1.29, 1.82) is 0 Å². The highest BCUT2D eigenvalue weighted by atomic mass is 16.2. The lowest BCUT2D eigenvalue weighted by atomic mass is 10.1. The molecule has 0 radical (unpaired) electrons. The van der Waals surface area contributed by atoms with Crippen molar-refractivity contribution in [3.05, 3.63) is 29.3 Å². The number of anilines is 1. The van der Waals surface area contributed by atoms with Crippen LogP contribution in [-0.2, 0) is 0 Å². The zero-order valence-electron chi connectivity index (χ0n) is 10.6. The molecule has 6 heteroatoms. The van der Waals surface area contributed by atoms with Gasteiger partial charge in [0.2, 0.25) is 0 Å². The van der Waals surface area contributed by atoms with Crippen molar-refractivity contribution >= 4 is 23.5 Å². The Kier molecular flexibility index (Phi) is 3.79. The Morgan fingerprint density at radius 2 is 1.95 bits per heavy atom. The molecule has 0 saturated heterocycles. The van der Waals surface area contributed by atoms with Gasteiger partial charge in [0, 0.05) is 12.2 Å². The fourth-order valence-corrected chi connectivity index (χ4v) is 1.80. The highest BCUT2D eigenvalue weighted by Crippen LogP contribution is 2.20. The Bertz CT molecular complexity index is 540. The lowest BCUT2D eigenvalue weighted by molar-refractivity contribution is 0.0879. The number of unbranched alkanes of at least 4 members (excludes halogenated alkanes) is 1. The smallest absolute Gasteiger partial charge is 0.319 e. The predicted octanol–water partition coefficient (Wildman–Crippen LogP) is 1.49. The summed E-state index contributed by atoms with van der Waals surface area (Å²) in [6.45, 7) is 2.64. The summed E-state index contributed by atoms with van der Waals surface area (Å²) in [5, 5.41) is 7.53. The number of urea groups is 1. The van der Waals surface area contributed by atoms with Crippen molar-refractivity contribution in [1.82, 2.24) is 10.6 Å². The number of carbonyl (C=O) groups is 3. The molecule has 0 saturated carbocycles. The van der Waals surface area contributed by atoms with Crippen LogP contribution in [0.2, 0.25) is 0 Å². The molecule has 0 spiro atoms. The number of imide groups is 1. The van der Waals surface area contributed by atoms with Gasteiger partial charge in [-0.25, -0.2) is 4.79 Å². The van der Waals surface area contributed by atoms with Crippen LogP contribution in [0.3, 0.4) is 0 Å². The molecule has 0 aromatic heterocycles. The summed E-state index contributed by atoms with van der Waals surface area (Å²) in [5.74, 6) is -0.839. The first-order valence-electron chi connectivity index (χ1n) is 6.16. The van der Waals surface area contributed by atoms with Gasteiger partial charge in [-0.2, -0.15) is 0 Å². The van der Waals surface area contributed by atoms with Gasteiger partial charge in [-0.1, -0.05) is 13.3 Å². The third-order valence-corrected chi connectivity index (χ3v) is 2.81. The van der Waals surface area contributed by atoms with E-state index in [2.05, 4.69) is 16.0 Å². The molecule has 4 amide bonds. The van der Waals surface area contributed by atoms with Crippen molar-refractivity contribution in [2.24, 2.45) is 0 Å². The quantitative estimate of drug-likeness (QED) is 0.567. The average Bonchev–Trinajstić information content (AvgIpc) is 2.65. The van der Waals surface area contributed by atoms with E-state index in [0.717, 1.165) is 12.8 Å². The molecule has 0 fully saturated rings. The summed E-state index contributed by atoms with van der Waals surface area (Å²) < 4.78 is 0. The van der Waals surface area contributed by atoms with Crippen molar-refractivity contribution in [3.8, 4) is 0 Å². The first kappa shape index (κ1) is 13.1. The average molecular weight is 261 g/mol. The second kappa shape index (κ2) is 5.51. The molecule has 0 unspecified atom stereocenters. The van der Waals surface area contributed by atoms with E-state index >= 15 is 0 Å². The molecule has 19 heavy (non-hydrogen) atoms. The number of rotatable bonds is 4. The Balaban J connectivity index is 2.03. The summed E-state index contributed by atoms with van der Waals surface area (Å²) in [6, 6.07) is 4.29. The first-order valence-corrected chi connectivity index (χ1v) is 6.16. The highest BCUT2D eigenvalue weighted by molar-refractivity contribution is 6.21. The van der Waals surface area contributed by atoms with Crippen molar-refractivity contribution < 1.29 is 14.4 Å². The Hall–Kier alpha value is -2.37. The molecule has 3 N–H and O–H groups in total. The number of nitrogens with one attached hydrogen (secondary N) is 3. The molecule has 2 rings (SSSR count). The molecule has 1 aromatic carbocycles. The van der Waals surface area contributed by atoms with Crippen LogP contribution in [0, 0.1) is 0 Å². The maximum atomic E-state index is 11.5. The van der Waals surface area contributed by atoms with Crippen LogP contribution in [0.1, 0.15) is 40.5 Å². The van der Waals surface area contributed by atoms with E-state index in [0.29, 0.717) is 17.8 Å². The first-order chi connectivity index (χ1) is 9.11. The van der Waals surface area contributed by atoms with Crippen molar-refractivity contribution in [2.75, 3.05) is 11.9 Å². The van der Waals surface area contributed by atoms with Crippen LogP contribution >= 0.6 is 0 Å². The molecule has 1 heterocycles. The maximum Gasteiger partial charge on any atom is 0.319 e. The molecule has 0 bridgehead atoms. The van der Waals surface area contributed by atoms with E-state index in [-0.39, 0.29) is 11.6 Å². The largest absolute Gasteiger partial charge is 0.338 e. The molecule has 0 aliphatic carbocycles. The van der Waals surface area contributed by atoms with Gasteiger partial charge in [0.1, 0.15) is 0 Å². The topological polar surface area (TPSA) is 87.3 Å². The number of carbonyl (C=O) groups excluding carboxylic acids is 3. The predicted molar refractivity (Wildman–Crippen MR) is 70.2 cm³/mol. The molecule has 1 aliphatic heterocycles. The highest BCUT2D eigenvalue weighted by Gasteiger charge is 2.26. The molecule has 1 aliphatic rings. The van der Waals surface area contributed by atoms with E-state index in [9.17, 15) is 14.4 Å².